The van der Waals surface area contributed by atoms with Crippen molar-refractivity contribution in [3.8, 4) is 0 Å². The summed E-state index contributed by atoms with van der Waals surface area (Å²) >= 11 is 3.68. The first kappa shape index (κ1) is 16.7. The Morgan fingerprint density at radius 3 is 2.81 bits per heavy atom. The molecule has 2 atom stereocenters. The number of nitrogens with one attached hydrogen (secondary N) is 1. The number of aliphatic hydroxyl groups excluding tert-OH is 1. The van der Waals surface area contributed by atoms with Crippen LogP contribution in [-0.2, 0) is 11.3 Å². The number of halogens is 1. The molecule has 118 valence electrons. The van der Waals surface area contributed by atoms with Crippen LogP contribution >= 0.6 is 15.9 Å². The van der Waals surface area contributed by atoms with Crippen molar-refractivity contribution in [2.24, 2.45) is 0 Å². The maximum atomic E-state index is 9.34. The van der Waals surface area contributed by atoms with Gasteiger partial charge >= 0.3 is 0 Å². The molecule has 0 bridgehead atoms. The first-order valence-electron chi connectivity index (χ1n) is 7.52. The fourth-order valence-corrected chi connectivity index (χ4v) is 3.26. The van der Waals surface area contributed by atoms with E-state index >= 15 is 0 Å². The van der Waals surface area contributed by atoms with E-state index in [1.165, 1.54) is 5.56 Å². The van der Waals surface area contributed by atoms with E-state index < -0.39 is 0 Å². The van der Waals surface area contributed by atoms with E-state index in [0.717, 1.165) is 29.8 Å². The summed E-state index contributed by atoms with van der Waals surface area (Å²) in [7, 11) is 0. The van der Waals surface area contributed by atoms with Gasteiger partial charge in [0.1, 0.15) is 0 Å². The van der Waals surface area contributed by atoms with Crippen molar-refractivity contribution in [1.29, 1.82) is 0 Å². The van der Waals surface area contributed by atoms with Crippen LogP contribution in [0.1, 0.15) is 26.3 Å². The minimum Gasteiger partial charge on any atom is -0.394 e. The van der Waals surface area contributed by atoms with Crippen LogP contribution in [0.5, 0.6) is 0 Å². The van der Waals surface area contributed by atoms with Crippen molar-refractivity contribution in [1.82, 2.24) is 5.32 Å². The molecule has 4 nitrogen and oxygen atoms in total. The first-order valence-corrected chi connectivity index (χ1v) is 8.32. The Morgan fingerprint density at radius 1 is 1.43 bits per heavy atom. The van der Waals surface area contributed by atoms with E-state index in [2.05, 4.69) is 58.2 Å². The van der Waals surface area contributed by atoms with Gasteiger partial charge in [0.15, 0.2) is 0 Å². The molecule has 1 fully saturated rings. The molecular weight excluding hydrogens is 332 g/mol. The van der Waals surface area contributed by atoms with E-state index in [9.17, 15) is 5.11 Å². The molecule has 0 radical (unpaired) electrons. The summed E-state index contributed by atoms with van der Waals surface area (Å²) in [5.41, 5.74) is 2.43. The average Bonchev–Trinajstić information content (AvgIpc) is 2.44. The van der Waals surface area contributed by atoms with Crippen LogP contribution in [0.15, 0.2) is 22.7 Å². The second-order valence-corrected chi connectivity index (χ2v) is 6.83. The number of aliphatic hydroxyl groups is 1. The molecule has 1 saturated heterocycles. The van der Waals surface area contributed by atoms with E-state index in [1.807, 2.05) is 6.92 Å². The molecule has 1 aliphatic heterocycles. The van der Waals surface area contributed by atoms with Crippen molar-refractivity contribution in [2.75, 3.05) is 24.6 Å². The van der Waals surface area contributed by atoms with Crippen LogP contribution in [0.3, 0.4) is 0 Å². The highest BCUT2D eigenvalue weighted by atomic mass is 79.9. The number of hydrogen-bond donors (Lipinski definition) is 2. The zero-order chi connectivity index (χ0) is 15.4. The third-order valence-corrected chi connectivity index (χ3v) is 4.23. The molecule has 21 heavy (non-hydrogen) atoms. The molecule has 0 aliphatic carbocycles. The SMILES string of the molecule is CC(C)NCc1ccc(N2CC(C)OC(CO)C2)c(Br)c1. The highest BCUT2D eigenvalue weighted by molar-refractivity contribution is 9.10. The largest absolute Gasteiger partial charge is 0.394 e. The molecule has 1 aromatic rings. The van der Waals surface area contributed by atoms with Gasteiger partial charge in [0.2, 0.25) is 0 Å². The summed E-state index contributed by atoms with van der Waals surface area (Å²) in [5, 5.41) is 12.8. The number of anilines is 1. The smallest absolute Gasteiger partial charge is 0.0984 e. The third-order valence-electron chi connectivity index (χ3n) is 3.60. The number of nitrogens with zero attached hydrogens (tertiary/aromatic N) is 1. The summed E-state index contributed by atoms with van der Waals surface area (Å²) in [5.74, 6) is 0. The number of ether oxygens (including phenoxy) is 1. The van der Waals surface area contributed by atoms with Crippen LogP contribution in [0.2, 0.25) is 0 Å². The van der Waals surface area contributed by atoms with Gasteiger partial charge < -0.3 is 20.1 Å². The third kappa shape index (κ3) is 4.68. The lowest BCUT2D eigenvalue weighted by molar-refractivity contribution is -0.0421. The van der Waals surface area contributed by atoms with Crippen LogP contribution in [-0.4, -0.2) is 43.1 Å². The standard InChI is InChI=1S/C16H25BrN2O2/c1-11(2)18-7-13-4-5-16(15(17)6-13)19-8-12(3)21-14(9-19)10-20/h4-6,11-12,14,18,20H,7-10H2,1-3H3. The molecule has 1 aliphatic rings. The number of rotatable bonds is 5. The van der Waals surface area contributed by atoms with Gasteiger partial charge in [-0.2, -0.15) is 0 Å². The molecule has 0 spiro atoms. The second-order valence-electron chi connectivity index (χ2n) is 5.98. The number of hydrogen-bond acceptors (Lipinski definition) is 4. The fourth-order valence-electron chi connectivity index (χ4n) is 2.58. The summed E-state index contributed by atoms with van der Waals surface area (Å²) < 4.78 is 6.79. The van der Waals surface area contributed by atoms with Gasteiger partial charge in [0.25, 0.3) is 0 Å². The van der Waals surface area contributed by atoms with Crippen molar-refractivity contribution in [2.45, 2.75) is 45.6 Å². The minimum absolute atomic E-state index is 0.0643. The topological polar surface area (TPSA) is 44.7 Å². The van der Waals surface area contributed by atoms with Gasteiger partial charge in [-0.3, -0.25) is 0 Å². The first-order chi connectivity index (χ1) is 9.99. The number of benzene rings is 1. The Labute approximate surface area is 135 Å². The van der Waals surface area contributed by atoms with E-state index in [-0.39, 0.29) is 18.8 Å². The van der Waals surface area contributed by atoms with Crippen LogP contribution < -0.4 is 10.2 Å². The fraction of sp³-hybridized carbons (Fsp3) is 0.625. The summed E-state index contributed by atoms with van der Waals surface area (Å²) in [4.78, 5) is 2.28. The maximum absolute atomic E-state index is 9.34. The Kier molecular flexibility index (Phi) is 6.05. The van der Waals surface area contributed by atoms with Gasteiger partial charge in [-0.05, 0) is 40.5 Å². The van der Waals surface area contributed by atoms with Crippen LogP contribution in [0, 0.1) is 0 Å². The zero-order valence-corrected chi connectivity index (χ0v) is 14.6. The molecular formula is C16H25BrN2O2. The maximum Gasteiger partial charge on any atom is 0.0984 e. The summed E-state index contributed by atoms with van der Waals surface area (Å²) in [6, 6.07) is 6.95. The molecule has 2 unspecified atom stereocenters. The summed E-state index contributed by atoms with van der Waals surface area (Å²) in [6.45, 7) is 8.84. The lowest BCUT2D eigenvalue weighted by atomic mass is 10.1. The van der Waals surface area contributed by atoms with Gasteiger partial charge in [-0.25, -0.2) is 0 Å². The Morgan fingerprint density at radius 2 is 2.19 bits per heavy atom. The molecule has 1 aromatic carbocycles. The molecule has 0 aromatic heterocycles. The van der Waals surface area contributed by atoms with Crippen molar-refractivity contribution >= 4 is 21.6 Å². The van der Waals surface area contributed by atoms with Crippen molar-refractivity contribution < 1.29 is 9.84 Å². The van der Waals surface area contributed by atoms with E-state index in [1.54, 1.807) is 0 Å². The number of morpholine rings is 1. The average molecular weight is 357 g/mol. The molecule has 0 amide bonds. The van der Waals surface area contributed by atoms with Crippen molar-refractivity contribution in [3.05, 3.63) is 28.2 Å². The normalized spacial score (nSPS) is 22.9. The van der Waals surface area contributed by atoms with Crippen LogP contribution in [0.4, 0.5) is 5.69 Å². The highest BCUT2D eigenvalue weighted by Crippen LogP contribution is 2.29. The zero-order valence-electron chi connectivity index (χ0n) is 13.0. The van der Waals surface area contributed by atoms with Crippen molar-refractivity contribution in [3.63, 3.8) is 0 Å². The predicted molar refractivity (Wildman–Crippen MR) is 89.8 cm³/mol. The van der Waals surface area contributed by atoms with Crippen LogP contribution in [0.25, 0.3) is 0 Å². The lowest BCUT2D eigenvalue weighted by Crippen LogP contribution is -2.48. The molecule has 2 N–H and O–H groups in total. The second kappa shape index (κ2) is 7.58. The van der Waals surface area contributed by atoms with Gasteiger partial charge in [-0.1, -0.05) is 19.9 Å². The van der Waals surface area contributed by atoms with Gasteiger partial charge in [0.05, 0.1) is 24.5 Å². The van der Waals surface area contributed by atoms with E-state index in [0.29, 0.717) is 6.04 Å². The highest BCUT2D eigenvalue weighted by Gasteiger charge is 2.25. The minimum atomic E-state index is -0.108. The van der Waals surface area contributed by atoms with E-state index in [4.69, 9.17) is 4.74 Å². The predicted octanol–water partition coefficient (Wildman–Crippen LogP) is 2.53. The Hall–Kier alpha value is -0.620. The molecule has 0 saturated carbocycles. The molecule has 2 rings (SSSR count). The summed E-state index contributed by atoms with van der Waals surface area (Å²) in [6.07, 6.45) is 0.0213. The van der Waals surface area contributed by atoms with Gasteiger partial charge in [0, 0.05) is 30.1 Å². The Balaban J connectivity index is 2.09. The molecule has 1 heterocycles. The van der Waals surface area contributed by atoms with Gasteiger partial charge in [-0.15, -0.1) is 0 Å². The molecule has 5 heteroatoms. The lowest BCUT2D eigenvalue weighted by Gasteiger charge is -2.38. The Bertz CT molecular complexity index is 468. The quantitative estimate of drug-likeness (QED) is 0.850. The monoisotopic (exact) mass is 356 g/mol.